The van der Waals surface area contributed by atoms with Crippen LogP contribution in [0.4, 0.5) is 0 Å². The molecule has 2 aliphatic heterocycles. The number of hydrogen-bond donors (Lipinski definition) is 0. The van der Waals surface area contributed by atoms with Gasteiger partial charge in [0, 0.05) is 36.5 Å². The standard InChI is InChI=1S/C18H24N2O6/c1-9-10(2)16(22)19(15(9)21)7-13(25-5)14(26-6)8-20-17(23)11(3)12(4)18(20)24/h13-14H,7-8H2,1-6H3. The zero-order chi connectivity index (χ0) is 19.8. The largest absolute Gasteiger partial charge is 0.377 e. The van der Waals surface area contributed by atoms with E-state index in [1.54, 1.807) is 27.7 Å². The van der Waals surface area contributed by atoms with Crippen molar-refractivity contribution in [1.82, 2.24) is 9.80 Å². The van der Waals surface area contributed by atoms with Crippen LogP contribution < -0.4 is 0 Å². The average Bonchev–Trinajstić information content (AvgIpc) is 2.93. The van der Waals surface area contributed by atoms with E-state index in [1.165, 1.54) is 14.2 Å². The molecular weight excluding hydrogens is 340 g/mol. The molecule has 0 N–H and O–H groups in total. The van der Waals surface area contributed by atoms with E-state index in [0.717, 1.165) is 9.80 Å². The van der Waals surface area contributed by atoms with E-state index < -0.39 is 12.2 Å². The van der Waals surface area contributed by atoms with Crippen LogP contribution in [0.1, 0.15) is 27.7 Å². The first-order chi connectivity index (χ1) is 12.1. The van der Waals surface area contributed by atoms with Gasteiger partial charge in [0.1, 0.15) is 12.2 Å². The molecule has 2 heterocycles. The molecule has 0 fully saturated rings. The number of rotatable bonds is 7. The Morgan fingerprint density at radius 1 is 0.615 bits per heavy atom. The Hall–Kier alpha value is -2.32. The third kappa shape index (κ3) is 3.22. The highest BCUT2D eigenvalue weighted by atomic mass is 16.5. The first kappa shape index (κ1) is 20.0. The van der Waals surface area contributed by atoms with Gasteiger partial charge in [0.15, 0.2) is 0 Å². The van der Waals surface area contributed by atoms with E-state index in [-0.39, 0.29) is 36.7 Å². The first-order valence-electron chi connectivity index (χ1n) is 8.28. The predicted octanol–water partition coefficient (Wildman–Crippen LogP) is 0.427. The lowest BCUT2D eigenvalue weighted by molar-refractivity contribution is -0.147. The van der Waals surface area contributed by atoms with Crippen LogP contribution in [0.15, 0.2) is 22.3 Å². The van der Waals surface area contributed by atoms with Gasteiger partial charge in [0.05, 0.1) is 13.1 Å². The minimum absolute atomic E-state index is 0.0248. The second-order valence-electron chi connectivity index (χ2n) is 6.49. The Morgan fingerprint density at radius 3 is 1.04 bits per heavy atom. The number of amides is 4. The van der Waals surface area contributed by atoms with Crippen molar-refractivity contribution in [3.63, 3.8) is 0 Å². The van der Waals surface area contributed by atoms with Crippen molar-refractivity contribution in [2.24, 2.45) is 0 Å². The summed E-state index contributed by atoms with van der Waals surface area (Å²) in [6.45, 7) is 6.35. The molecule has 2 atom stereocenters. The van der Waals surface area contributed by atoms with Crippen LogP contribution in [0.5, 0.6) is 0 Å². The van der Waals surface area contributed by atoms with Gasteiger partial charge >= 0.3 is 0 Å². The van der Waals surface area contributed by atoms with Crippen molar-refractivity contribution in [2.45, 2.75) is 39.9 Å². The third-order valence-corrected chi connectivity index (χ3v) is 5.13. The molecule has 0 saturated heterocycles. The number of ether oxygens (including phenoxy) is 2. The molecule has 2 unspecified atom stereocenters. The summed E-state index contributed by atoms with van der Waals surface area (Å²) in [5, 5.41) is 0. The number of carbonyl (C=O) groups is 4. The summed E-state index contributed by atoms with van der Waals surface area (Å²) in [5.74, 6) is -1.48. The molecular formula is C18H24N2O6. The van der Waals surface area contributed by atoms with Crippen molar-refractivity contribution in [3.05, 3.63) is 22.3 Å². The number of imide groups is 2. The highest BCUT2D eigenvalue weighted by Gasteiger charge is 2.40. The van der Waals surface area contributed by atoms with Crippen molar-refractivity contribution in [2.75, 3.05) is 27.3 Å². The molecule has 2 aliphatic rings. The normalized spacial score (nSPS) is 20.8. The van der Waals surface area contributed by atoms with Crippen molar-refractivity contribution in [3.8, 4) is 0 Å². The molecule has 0 aromatic carbocycles. The summed E-state index contributed by atoms with van der Waals surface area (Å²) >= 11 is 0. The van der Waals surface area contributed by atoms with Gasteiger partial charge in [0.25, 0.3) is 23.6 Å². The quantitative estimate of drug-likeness (QED) is 0.608. The molecule has 0 spiro atoms. The van der Waals surface area contributed by atoms with Gasteiger partial charge in [-0.25, -0.2) is 0 Å². The number of hydrogen-bond acceptors (Lipinski definition) is 6. The molecule has 0 aromatic heterocycles. The molecule has 0 radical (unpaired) electrons. The Labute approximate surface area is 152 Å². The van der Waals surface area contributed by atoms with E-state index in [1.807, 2.05) is 0 Å². The van der Waals surface area contributed by atoms with Gasteiger partial charge in [0.2, 0.25) is 0 Å². The van der Waals surface area contributed by atoms with E-state index in [2.05, 4.69) is 0 Å². The summed E-state index contributed by atoms with van der Waals surface area (Å²) in [6.07, 6.45) is -1.37. The summed E-state index contributed by atoms with van der Waals surface area (Å²) in [5.41, 5.74) is 1.61. The summed E-state index contributed by atoms with van der Waals surface area (Å²) < 4.78 is 10.8. The topological polar surface area (TPSA) is 93.2 Å². The maximum atomic E-state index is 12.2. The van der Waals surface area contributed by atoms with Gasteiger partial charge in [-0.2, -0.15) is 0 Å². The third-order valence-electron chi connectivity index (χ3n) is 5.13. The average molecular weight is 364 g/mol. The highest BCUT2D eigenvalue weighted by Crippen LogP contribution is 2.23. The lowest BCUT2D eigenvalue weighted by Crippen LogP contribution is -2.49. The zero-order valence-electron chi connectivity index (χ0n) is 15.9. The Bertz CT molecular complexity index is 626. The molecule has 2 rings (SSSR count). The van der Waals surface area contributed by atoms with E-state index >= 15 is 0 Å². The Kier molecular flexibility index (Phi) is 5.77. The van der Waals surface area contributed by atoms with Crippen LogP contribution in [0.2, 0.25) is 0 Å². The monoisotopic (exact) mass is 364 g/mol. The fourth-order valence-corrected chi connectivity index (χ4v) is 3.02. The Balaban J connectivity index is 2.13. The molecule has 142 valence electrons. The van der Waals surface area contributed by atoms with Crippen LogP contribution in [-0.4, -0.2) is 72.9 Å². The highest BCUT2D eigenvalue weighted by molar-refractivity contribution is 6.19. The van der Waals surface area contributed by atoms with Gasteiger partial charge in [-0.1, -0.05) is 0 Å². The summed E-state index contributed by atoms with van der Waals surface area (Å²) in [6, 6.07) is 0. The number of methoxy groups -OCH3 is 2. The fraction of sp³-hybridized carbons (Fsp3) is 0.556. The summed E-state index contributed by atoms with van der Waals surface area (Å²) in [7, 11) is 2.86. The maximum Gasteiger partial charge on any atom is 0.256 e. The maximum absolute atomic E-state index is 12.2. The fourth-order valence-electron chi connectivity index (χ4n) is 3.02. The van der Waals surface area contributed by atoms with Crippen LogP contribution in [0, 0.1) is 0 Å². The minimum atomic E-state index is -0.687. The van der Waals surface area contributed by atoms with Crippen molar-refractivity contribution < 1.29 is 28.7 Å². The van der Waals surface area contributed by atoms with Crippen LogP contribution >= 0.6 is 0 Å². The molecule has 26 heavy (non-hydrogen) atoms. The summed E-state index contributed by atoms with van der Waals surface area (Å²) in [4.78, 5) is 51.2. The molecule has 0 saturated carbocycles. The molecule has 8 heteroatoms. The second kappa shape index (κ2) is 7.51. The van der Waals surface area contributed by atoms with Crippen LogP contribution in [0.3, 0.4) is 0 Å². The van der Waals surface area contributed by atoms with Gasteiger partial charge < -0.3 is 9.47 Å². The number of carbonyl (C=O) groups excluding carboxylic acids is 4. The Morgan fingerprint density at radius 2 is 0.846 bits per heavy atom. The number of nitrogens with zero attached hydrogens (tertiary/aromatic N) is 2. The van der Waals surface area contributed by atoms with Crippen LogP contribution in [-0.2, 0) is 28.7 Å². The van der Waals surface area contributed by atoms with Crippen LogP contribution in [0.25, 0.3) is 0 Å². The van der Waals surface area contributed by atoms with Crippen molar-refractivity contribution in [1.29, 1.82) is 0 Å². The van der Waals surface area contributed by atoms with E-state index in [9.17, 15) is 19.2 Å². The first-order valence-corrected chi connectivity index (χ1v) is 8.28. The SMILES string of the molecule is COC(CN1C(=O)C(C)=C(C)C1=O)C(CN1C(=O)C(C)=C(C)C1=O)OC. The van der Waals surface area contributed by atoms with Gasteiger partial charge in [-0.05, 0) is 27.7 Å². The molecule has 8 nitrogen and oxygen atoms in total. The second-order valence-corrected chi connectivity index (χ2v) is 6.49. The van der Waals surface area contributed by atoms with Gasteiger partial charge in [-0.15, -0.1) is 0 Å². The predicted molar refractivity (Wildman–Crippen MR) is 91.8 cm³/mol. The molecule has 4 amide bonds. The molecule has 0 aromatic rings. The van der Waals surface area contributed by atoms with E-state index in [0.29, 0.717) is 22.3 Å². The lowest BCUT2D eigenvalue weighted by atomic mass is 10.1. The van der Waals surface area contributed by atoms with E-state index in [4.69, 9.17) is 9.47 Å². The smallest absolute Gasteiger partial charge is 0.256 e. The minimum Gasteiger partial charge on any atom is -0.377 e. The van der Waals surface area contributed by atoms with Crippen molar-refractivity contribution >= 4 is 23.6 Å². The molecule has 0 aliphatic carbocycles. The lowest BCUT2D eigenvalue weighted by Gasteiger charge is -2.30. The molecule has 0 bridgehead atoms. The zero-order valence-corrected chi connectivity index (χ0v) is 15.9. The van der Waals surface area contributed by atoms with Gasteiger partial charge in [-0.3, -0.25) is 29.0 Å².